The van der Waals surface area contributed by atoms with Gasteiger partial charge < -0.3 is 10.0 Å². The summed E-state index contributed by atoms with van der Waals surface area (Å²) in [6, 6.07) is 12.6. The predicted octanol–water partition coefficient (Wildman–Crippen LogP) is 3.05. The lowest BCUT2D eigenvalue weighted by molar-refractivity contribution is -0.130. The zero-order valence-electron chi connectivity index (χ0n) is 15.2. The van der Waals surface area contributed by atoms with Gasteiger partial charge in [0.05, 0.1) is 12.1 Å². The van der Waals surface area contributed by atoms with E-state index in [0.29, 0.717) is 17.7 Å². The smallest absolute Gasteiger partial charge is 0.242 e. The van der Waals surface area contributed by atoms with E-state index in [2.05, 4.69) is 17.8 Å². The summed E-state index contributed by atoms with van der Waals surface area (Å²) in [7, 11) is 0. The Morgan fingerprint density at radius 3 is 2.41 bits per heavy atom. The number of carbonyl (C=O) groups is 1. The molecule has 0 aromatic heterocycles. The number of carbonyl (C=O) groups excluding carboxylic acids is 1. The number of hydrogen-bond acceptors (Lipinski definition) is 4. The molecule has 4 rings (SSSR count). The van der Waals surface area contributed by atoms with Crippen molar-refractivity contribution in [2.45, 2.75) is 37.9 Å². The number of unbranched alkanes of at least 4 members (excludes halogenated alkanes) is 1. The molecule has 0 aliphatic carbocycles. The van der Waals surface area contributed by atoms with E-state index in [9.17, 15) is 14.3 Å². The maximum Gasteiger partial charge on any atom is 0.242 e. The summed E-state index contributed by atoms with van der Waals surface area (Å²) in [4.78, 5) is 14.9. The molecule has 2 heterocycles. The third kappa shape index (κ3) is 2.99. The SMILES string of the molecule is CCCCN1C(=O)C2NNC(c3ccccc3O)C2C1c1ccccc1F. The molecule has 5 nitrogen and oxygen atoms in total. The number of para-hydroxylation sites is 1. The van der Waals surface area contributed by atoms with Crippen molar-refractivity contribution < 1.29 is 14.3 Å². The summed E-state index contributed by atoms with van der Waals surface area (Å²) < 4.78 is 14.7. The molecule has 2 aliphatic rings. The van der Waals surface area contributed by atoms with E-state index in [1.807, 2.05) is 12.1 Å². The number of hydrazine groups is 1. The number of fused-ring (bicyclic) bond motifs is 1. The van der Waals surface area contributed by atoms with Crippen LogP contribution in [0.25, 0.3) is 0 Å². The molecular weight excluding hydrogens is 345 g/mol. The second kappa shape index (κ2) is 7.29. The number of nitrogens with one attached hydrogen (secondary N) is 2. The number of benzene rings is 2. The molecule has 0 spiro atoms. The van der Waals surface area contributed by atoms with Crippen LogP contribution in [0.15, 0.2) is 48.5 Å². The van der Waals surface area contributed by atoms with Crippen LogP contribution in [-0.4, -0.2) is 28.5 Å². The highest BCUT2D eigenvalue weighted by Crippen LogP contribution is 2.48. The third-order valence-electron chi connectivity index (χ3n) is 5.66. The van der Waals surface area contributed by atoms with Crippen molar-refractivity contribution in [3.8, 4) is 5.75 Å². The molecule has 27 heavy (non-hydrogen) atoms. The third-order valence-corrected chi connectivity index (χ3v) is 5.66. The fraction of sp³-hybridized carbons (Fsp3) is 0.381. The van der Waals surface area contributed by atoms with Crippen molar-refractivity contribution in [2.75, 3.05) is 6.54 Å². The standard InChI is InChI=1S/C21H24FN3O2/c1-2-3-12-25-20(13-8-4-6-10-15(13)22)17-18(23-24-19(17)21(25)27)14-9-5-7-11-16(14)26/h4-11,17-20,23-24,26H,2-3,12H2,1H3. The molecular formula is C21H24FN3O2. The van der Waals surface area contributed by atoms with Gasteiger partial charge in [0.2, 0.25) is 5.91 Å². The predicted molar refractivity (Wildman–Crippen MR) is 100 cm³/mol. The Balaban J connectivity index is 1.79. The van der Waals surface area contributed by atoms with Crippen molar-refractivity contribution in [2.24, 2.45) is 5.92 Å². The Bertz CT molecular complexity index is 844. The Labute approximate surface area is 158 Å². The highest BCUT2D eigenvalue weighted by Gasteiger charge is 2.56. The quantitative estimate of drug-likeness (QED) is 0.758. The lowest BCUT2D eigenvalue weighted by atomic mass is 9.83. The fourth-order valence-electron chi connectivity index (χ4n) is 4.38. The van der Waals surface area contributed by atoms with Crippen LogP contribution in [0.5, 0.6) is 5.75 Å². The first-order chi connectivity index (χ1) is 13.1. The molecule has 0 bridgehead atoms. The van der Waals surface area contributed by atoms with E-state index >= 15 is 0 Å². The Morgan fingerprint density at radius 1 is 1.04 bits per heavy atom. The van der Waals surface area contributed by atoms with Crippen LogP contribution in [0.2, 0.25) is 0 Å². The van der Waals surface area contributed by atoms with Gasteiger partial charge in [-0.1, -0.05) is 49.7 Å². The van der Waals surface area contributed by atoms with Crippen LogP contribution in [0.3, 0.4) is 0 Å². The zero-order valence-corrected chi connectivity index (χ0v) is 15.2. The molecule has 2 aromatic carbocycles. The van der Waals surface area contributed by atoms with Crippen molar-refractivity contribution in [3.05, 3.63) is 65.5 Å². The summed E-state index contributed by atoms with van der Waals surface area (Å²) in [5.41, 5.74) is 7.50. The maximum atomic E-state index is 14.7. The summed E-state index contributed by atoms with van der Waals surface area (Å²) in [5, 5.41) is 10.3. The molecule has 2 saturated heterocycles. The first-order valence-corrected chi connectivity index (χ1v) is 9.47. The Hall–Kier alpha value is -2.44. The van der Waals surface area contributed by atoms with Gasteiger partial charge in [-0.3, -0.25) is 4.79 Å². The number of rotatable bonds is 5. The lowest BCUT2D eigenvalue weighted by Gasteiger charge is -2.31. The van der Waals surface area contributed by atoms with Gasteiger partial charge in [-0.05, 0) is 18.6 Å². The van der Waals surface area contributed by atoms with Crippen LogP contribution in [-0.2, 0) is 4.79 Å². The molecule has 6 heteroatoms. The second-order valence-corrected chi connectivity index (χ2v) is 7.23. The maximum absolute atomic E-state index is 14.7. The van der Waals surface area contributed by atoms with Crippen LogP contribution in [0.1, 0.15) is 43.0 Å². The zero-order chi connectivity index (χ0) is 19.0. The minimum absolute atomic E-state index is 0.0212. The van der Waals surface area contributed by atoms with E-state index in [0.717, 1.165) is 12.8 Å². The Kier molecular flexibility index (Phi) is 4.85. The molecule has 4 unspecified atom stereocenters. The van der Waals surface area contributed by atoms with Crippen LogP contribution < -0.4 is 10.9 Å². The number of nitrogens with zero attached hydrogens (tertiary/aromatic N) is 1. The van der Waals surface area contributed by atoms with E-state index < -0.39 is 6.04 Å². The molecule has 0 radical (unpaired) electrons. The molecule has 2 aliphatic heterocycles. The van der Waals surface area contributed by atoms with Gasteiger partial charge in [0, 0.05) is 23.6 Å². The van der Waals surface area contributed by atoms with Crippen molar-refractivity contribution >= 4 is 5.91 Å². The highest BCUT2D eigenvalue weighted by molar-refractivity contribution is 5.86. The van der Waals surface area contributed by atoms with Gasteiger partial charge in [0.25, 0.3) is 0 Å². The topological polar surface area (TPSA) is 64.6 Å². The van der Waals surface area contributed by atoms with Gasteiger partial charge in [-0.25, -0.2) is 15.2 Å². The van der Waals surface area contributed by atoms with Gasteiger partial charge in [-0.2, -0.15) is 0 Å². The molecule has 3 N–H and O–H groups in total. The number of phenols is 1. The van der Waals surface area contributed by atoms with Crippen molar-refractivity contribution in [3.63, 3.8) is 0 Å². The Morgan fingerprint density at radius 2 is 1.70 bits per heavy atom. The lowest BCUT2D eigenvalue weighted by Crippen LogP contribution is -2.41. The van der Waals surface area contributed by atoms with Gasteiger partial charge >= 0.3 is 0 Å². The van der Waals surface area contributed by atoms with E-state index in [1.54, 1.807) is 35.2 Å². The monoisotopic (exact) mass is 369 g/mol. The minimum Gasteiger partial charge on any atom is -0.508 e. The van der Waals surface area contributed by atoms with Crippen molar-refractivity contribution in [1.29, 1.82) is 0 Å². The number of aromatic hydroxyl groups is 1. The van der Waals surface area contributed by atoms with E-state index in [1.165, 1.54) is 6.07 Å². The highest BCUT2D eigenvalue weighted by atomic mass is 19.1. The first kappa shape index (κ1) is 17.9. The summed E-state index contributed by atoms with van der Waals surface area (Å²) in [5.74, 6) is -0.378. The molecule has 0 saturated carbocycles. The summed E-state index contributed by atoms with van der Waals surface area (Å²) in [6.07, 6.45) is 1.82. The van der Waals surface area contributed by atoms with E-state index in [4.69, 9.17) is 0 Å². The van der Waals surface area contributed by atoms with Crippen LogP contribution >= 0.6 is 0 Å². The van der Waals surface area contributed by atoms with Gasteiger partial charge in [-0.15, -0.1) is 0 Å². The fourth-order valence-corrected chi connectivity index (χ4v) is 4.38. The average Bonchev–Trinajstić information content (AvgIpc) is 3.20. The number of amides is 1. The molecule has 142 valence electrons. The minimum atomic E-state index is -0.448. The van der Waals surface area contributed by atoms with Gasteiger partial charge in [0.1, 0.15) is 17.6 Å². The normalized spacial score (nSPS) is 27.2. The summed E-state index contributed by atoms with van der Waals surface area (Å²) in [6.45, 7) is 2.67. The van der Waals surface area contributed by atoms with Crippen LogP contribution in [0, 0.1) is 11.7 Å². The molecule has 1 amide bonds. The average molecular weight is 369 g/mol. The molecule has 2 aromatic rings. The summed E-state index contributed by atoms with van der Waals surface area (Å²) >= 11 is 0. The number of hydrogen-bond donors (Lipinski definition) is 3. The first-order valence-electron chi connectivity index (χ1n) is 9.47. The number of likely N-dealkylation sites (tertiary alicyclic amines) is 1. The second-order valence-electron chi connectivity index (χ2n) is 7.23. The van der Waals surface area contributed by atoms with Crippen LogP contribution in [0.4, 0.5) is 4.39 Å². The number of halogens is 1. The van der Waals surface area contributed by atoms with Crippen molar-refractivity contribution in [1.82, 2.24) is 15.8 Å². The van der Waals surface area contributed by atoms with Gasteiger partial charge in [0.15, 0.2) is 0 Å². The molecule has 4 atom stereocenters. The van der Waals surface area contributed by atoms with E-state index in [-0.39, 0.29) is 35.5 Å². The largest absolute Gasteiger partial charge is 0.508 e. The molecule has 2 fully saturated rings. The number of phenolic OH excluding ortho intramolecular Hbond substituents is 1.